The van der Waals surface area contributed by atoms with Crippen LogP contribution in [0.2, 0.25) is 0 Å². The minimum absolute atomic E-state index is 0.0454. The summed E-state index contributed by atoms with van der Waals surface area (Å²) in [5, 5.41) is 33.2. The Kier molecular flexibility index (Phi) is 8.55. The van der Waals surface area contributed by atoms with Gasteiger partial charge in [0.05, 0.1) is 19.8 Å². The van der Waals surface area contributed by atoms with Crippen molar-refractivity contribution in [1.82, 2.24) is 0 Å². The summed E-state index contributed by atoms with van der Waals surface area (Å²) in [5.41, 5.74) is 0.208. The Bertz CT molecular complexity index is 348. The highest BCUT2D eigenvalue weighted by Crippen LogP contribution is 2.16. The standard InChI is InChI=1S/C9H10O3.C3H8O3/c1-2-12-9(11)7-5-3-4-6-8(7)10;4-1-3(6)2-5/h3-6,10H,2H2,1H3;3-6H,1-2H2. The van der Waals surface area contributed by atoms with Crippen LogP contribution in [0.3, 0.4) is 0 Å². The largest absolute Gasteiger partial charge is 0.507 e. The van der Waals surface area contributed by atoms with Crippen molar-refractivity contribution < 1.29 is 30.0 Å². The van der Waals surface area contributed by atoms with Crippen molar-refractivity contribution in [2.45, 2.75) is 13.0 Å². The molecule has 0 spiro atoms. The predicted molar refractivity (Wildman–Crippen MR) is 64.2 cm³/mol. The van der Waals surface area contributed by atoms with Gasteiger partial charge in [0.2, 0.25) is 0 Å². The van der Waals surface area contributed by atoms with Crippen LogP contribution in [0.1, 0.15) is 17.3 Å². The second-order valence-corrected chi connectivity index (χ2v) is 3.26. The van der Waals surface area contributed by atoms with E-state index in [0.717, 1.165) is 0 Å². The van der Waals surface area contributed by atoms with Crippen LogP contribution in [0.15, 0.2) is 24.3 Å². The van der Waals surface area contributed by atoms with Crippen molar-refractivity contribution in [3.63, 3.8) is 0 Å². The molecule has 1 aromatic rings. The number of para-hydroxylation sites is 1. The first-order valence-electron chi connectivity index (χ1n) is 5.41. The Morgan fingerprint density at radius 2 is 1.83 bits per heavy atom. The SMILES string of the molecule is CCOC(=O)c1ccccc1O.OCC(O)CO. The lowest BCUT2D eigenvalue weighted by atomic mass is 10.2. The predicted octanol–water partition coefficient (Wildman–Crippen LogP) is -0.0992. The van der Waals surface area contributed by atoms with Gasteiger partial charge in [0.1, 0.15) is 17.4 Å². The van der Waals surface area contributed by atoms with Gasteiger partial charge in [-0.05, 0) is 19.1 Å². The monoisotopic (exact) mass is 258 g/mol. The average molecular weight is 258 g/mol. The molecule has 4 N–H and O–H groups in total. The average Bonchev–Trinajstić information content (AvgIpc) is 2.39. The highest BCUT2D eigenvalue weighted by atomic mass is 16.5. The van der Waals surface area contributed by atoms with Crippen molar-refractivity contribution in [2.24, 2.45) is 0 Å². The van der Waals surface area contributed by atoms with Gasteiger partial charge in [-0.1, -0.05) is 12.1 Å². The quantitative estimate of drug-likeness (QED) is 0.562. The zero-order valence-electron chi connectivity index (χ0n) is 10.1. The van der Waals surface area contributed by atoms with Gasteiger partial charge < -0.3 is 25.2 Å². The lowest BCUT2D eigenvalue weighted by Crippen LogP contribution is -2.15. The molecule has 0 fully saturated rings. The molecule has 0 saturated carbocycles. The van der Waals surface area contributed by atoms with Gasteiger partial charge in [0.25, 0.3) is 0 Å². The van der Waals surface area contributed by atoms with Gasteiger partial charge in [-0.3, -0.25) is 0 Å². The number of carbonyl (C=O) groups excluding carboxylic acids is 1. The van der Waals surface area contributed by atoms with Crippen LogP contribution in [0, 0.1) is 0 Å². The maximum Gasteiger partial charge on any atom is 0.341 e. The fraction of sp³-hybridized carbons (Fsp3) is 0.417. The molecule has 0 atom stereocenters. The summed E-state index contributed by atoms with van der Waals surface area (Å²) < 4.78 is 4.71. The zero-order chi connectivity index (χ0) is 14.0. The van der Waals surface area contributed by atoms with Gasteiger partial charge in [-0.25, -0.2) is 4.79 Å². The molecule has 6 nitrogen and oxygen atoms in total. The number of aromatic hydroxyl groups is 1. The van der Waals surface area contributed by atoms with Crippen LogP contribution < -0.4 is 0 Å². The number of rotatable bonds is 4. The second kappa shape index (κ2) is 9.41. The van der Waals surface area contributed by atoms with E-state index in [1.807, 2.05) is 0 Å². The van der Waals surface area contributed by atoms with Gasteiger partial charge in [0, 0.05) is 0 Å². The van der Waals surface area contributed by atoms with Gasteiger partial charge in [-0.2, -0.15) is 0 Å². The first-order chi connectivity index (χ1) is 8.56. The maximum atomic E-state index is 11.1. The molecule has 0 heterocycles. The van der Waals surface area contributed by atoms with E-state index >= 15 is 0 Å². The molecule has 0 unspecified atom stereocenters. The maximum absolute atomic E-state index is 11.1. The first kappa shape index (κ1) is 16.4. The van der Waals surface area contributed by atoms with Crippen LogP contribution >= 0.6 is 0 Å². The summed E-state index contributed by atoms with van der Waals surface area (Å²) >= 11 is 0. The Hall–Kier alpha value is -1.63. The van der Waals surface area contributed by atoms with E-state index < -0.39 is 12.1 Å². The van der Waals surface area contributed by atoms with E-state index in [2.05, 4.69) is 0 Å². The lowest BCUT2D eigenvalue weighted by Gasteiger charge is -2.02. The van der Waals surface area contributed by atoms with Crippen molar-refractivity contribution in [1.29, 1.82) is 0 Å². The second-order valence-electron chi connectivity index (χ2n) is 3.26. The molecule has 0 aliphatic rings. The molecule has 18 heavy (non-hydrogen) atoms. The molecule has 6 heteroatoms. The summed E-state index contributed by atoms with van der Waals surface area (Å²) in [7, 11) is 0. The van der Waals surface area contributed by atoms with E-state index in [4.69, 9.17) is 20.1 Å². The number of carbonyl (C=O) groups is 1. The van der Waals surface area contributed by atoms with Gasteiger partial charge in [-0.15, -0.1) is 0 Å². The third kappa shape index (κ3) is 6.19. The van der Waals surface area contributed by atoms with Crippen molar-refractivity contribution in [3.05, 3.63) is 29.8 Å². The molecule has 102 valence electrons. The highest BCUT2D eigenvalue weighted by molar-refractivity contribution is 5.92. The smallest absolute Gasteiger partial charge is 0.341 e. The molecule has 0 aliphatic carbocycles. The molecular formula is C12H18O6. The summed E-state index contributed by atoms with van der Waals surface area (Å²) in [6, 6.07) is 6.30. The van der Waals surface area contributed by atoms with Crippen LogP contribution in [-0.4, -0.2) is 52.3 Å². The number of phenolic OH excluding ortho intramolecular Hbond substituents is 1. The molecular weight excluding hydrogens is 240 g/mol. The molecule has 0 bridgehead atoms. The molecule has 0 saturated heterocycles. The van der Waals surface area contributed by atoms with Crippen LogP contribution in [0.4, 0.5) is 0 Å². The van der Waals surface area contributed by atoms with Crippen LogP contribution in [-0.2, 0) is 4.74 Å². The minimum Gasteiger partial charge on any atom is -0.507 e. The Morgan fingerprint density at radius 1 is 1.28 bits per heavy atom. The van der Waals surface area contributed by atoms with E-state index in [9.17, 15) is 9.90 Å². The Balaban J connectivity index is 0.000000411. The normalized spacial score (nSPS) is 9.61. The van der Waals surface area contributed by atoms with Gasteiger partial charge in [0.15, 0.2) is 0 Å². The van der Waals surface area contributed by atoms with Gasteiger partial charge >= 0.3 is 5.97 Å². The summed E-state index contributed by atoms with van der Waals surface area (Å²) in [6.07, 6.45) is -0.954. The number of aliphatic hydroxyl groups is 3. The molecule has 0 aliphatic heterocycles. The number of hydrogen-bond acceptors (Lipinski definition) is 6. The number of hydrogen-bond donors (Lipinski definition) is 4. The fourth-order valence-electron chi connectivity index (χ4n) is 0.913. The third-order valence-corrected chi connectivity index (χ3v) is 1.82. The number of aliphatic hydroxyl groups excluding tert-OH is 3. The summed E-state index contributed by atoms with van der Waals surface area (Å²) in [5.74, 6) is -0.536. The van der Waals surface area contributed by atoms with Crippen molar-refractivity contribution >= 4 is 5.97 Å². The van der Waals surface area contributed by atoms with E-state index in [1.54, 1.807) is 19.1 Å². The van der Waals surface area contributed by atoms with Crippen LogP contribution in [0.25, 0.3) is 0 Å². The number of ether oxygens (including phenoxy) is 1. The van der Waals surface area contributed by atoms with E-state index in [-0.39, 0.29) is 24.5 Å². The molecule has 0 amide bonds. The van der Waals surface area contributed by atoms with E-state index in [1.165, 1.54) is 12.1 Å². The zero-order valence-corrected chi connectivity index (χ0v) is 10.1. The molecule has 1 rings (SSSR count). The van der Waals surface area contributed by atoms with E-state index in [0.29, 0.717) is 6.61 Å². The Labute approximate surface area is 105 Å². The third-order valence-electron chi connectivity index (χ3n) is 1.82. The number of benzene rings is 1. The Morgan fingerprint density at radius 3 is 2.22 bits per heavy atom. The van der Waals surface area contributed by atoms with Crippen molar-refractivity contribution in [2.75, 3.05) is 19.8 Å². The van der Waals surface area contributed by atoms with Crippen molar-refractivity contribution in [3.8, 4) is 5.75 Å². The summed E-state index contributed by atoms with van der Waals surface area (Å²) in [6.45, 7) is 1.30. The first-order valence-corrected chi connectivity index (χ1v) is 5.41. The highest BCUT2D eigenvalue weighted by Gasteiger charge is 2.09. The number of esters is 1. The molecule has 0 radical (unpaired) electrons. The molecule has 1 aromatic carbocycles. The fourth-order valence-corrected chi connectivity index (χ4v) is 0.913. The van der Waals surface area contributed by atoms with Crippen LogP contribution in [0.5, 0.6) is 5.75 Å². The minimum atomic E-state index is -0.954. The lowest BCUT2D eigenvalue weighted by molar-refractivity contribution is 0.0450. The molecule has 0 aromatic heterocycles. The topological polar surface area (TPSA) is 107 Å². The number of phenols is 1. The summed E-state index contributed by atoms with van der Waals surface area (Å²) in [4.78, 5) is 11.1.